The first-order valence-corrected chi connectivity index (χ1v) is 9.84. The number of aryl methyl sites for hydroxylation is 1. The van der Waals surface area contributed by atoms with Gasteiger partial charge in [-0.1, -0.05) is 19.1 Å². The van der Waals surface area contributed by atoms with Crippen LogP contribution in [0.4, 0.5) is 5.69 Å². The van der Waals surface area contributed by atoms with E-state index < -0.39 is 0 Å². The molecule has 4 aromatic rings. The maximum absolute atomic E-state index is 12.6. The van der Waals surface area contributed by atoms with E-state index in [1.165, 1.54) is 6.07 Å². The van der Waals surface area contributed by atoms with E-state index in [0.717, 1.165) is 17.5 Å². The number of ether oxygens (including phenoxy) is 1. The molecule has 0 spiro atoms. The number of aromatic nitrogens is 1. The number of phenols is 1. The van der Waals surface area contributed by atoms with E-state index in [2.05, 4.69) is 17.2 Å². The van der Waals surface area contributed by atoms with Gasteiger partial charge in [0.2, 0.25) is 5.89 Å². The normalized spacial score (nSPS) is 10.9. The standard InChI is InChI=1S/C24H22N2O4/c1-3-15-8-11-22-20(12-15)26-24(30-22)19-14-17(9-10-21(19)27)25-23(28)16-6-5-7-18(13-16)29-4-2/h5-14,27H,3-4H2,1-2H3,(H,25,28). The topological polar surface area (TPSA) is 84.6 Å². The zero-order valence-electron chi connectivity index (χ0n) is 16.8. The summed E-state index contributed by atoms with van der Waals surface area (Å²) in [5, 5.41) is 13.2. The molecule has 0 saturated heterocycles. The summed E-state index contributed by atoms with van der Waals surface area (Å²) in [6.45, 7) is 4.49. The first-order valence-electron chi connectivity index (χ1n) is 9.84. The Bertz CT molecular complexity index is 1210. The lowest BCUT2D eigenvalue weighted by atomic mass is 10.1. The van der Waals surface area contributed by atoms with Crippen molar-refractivity contribution < 1.29 is 19.1 Å². The molecule has 0 atom stereocenters. The van der Waals surface area contributed by atoms with Crippen LogP contribution in [0.15, 0.2) is 65.1 Å². The second-order valence-electron chi connectivity index (χ2n) is 6.82. The van der Waals surface area contributed by atoms with E-state index in [0.29, 0.717) is 40.6 Å². The second-order valence-corrected chi connectivity index (χ2v) is 6.82. The molecule has 0 saturated carbocycles. The van der Waals surface area contributed by atoms with Crippen LogP contribution < -0.4 is 10.1 Å². The average molecular weight is 402 g/mol. The number of aromatic hydroxyl groups is 1. The number of amides is 1. The number of fused-ring (bicyclic) bond motifs is 1. The molecular formula is C24H22N2O4. The van der Waals surface area contributed by atoms with E-state index >= 15 is 0 Å². The third-order valence-corrected chi connectivity index (χ3v) is 4.75. The van der Waals surface area contributed by atoms with Crippen molar-refractivity contribution in [2.45, 2.75) is 20.3 Å². The molecule has 0 bridgehead atoms. The SMILES string of the molecule is CCOc1cccc(C(=O)Nc2ccc(O)c(-c3nc4cc(CC)ccc4o3)c2)c1. The molecule has 2 N–H and O–H groups in total. The summed E-state index contributed by atoms with van der Waals surface area (Å²) in [5.74, 6) is 0.673. The minimum absolute atomic E-state index is 0.0219. The van der Waals surface area contributed by atoms with Gasteiger partial charge >= 0.3 is 0 Å². The van der Waals surface area contributed by atoms with Crippen LogP contribution in [0.2, 0.25) is 0 Å². The molecule has 30 heavy (non-hydrogen) atoms. The Morgan fingerprint density at radius 1 is 1.10 bits per heavy atom. The molecule has 152 valence electrons. The lowest BCUT2D eigenvalue weighted by Gasteiger charge is -2.09. The van der Waals surface area contributed by atoms with Crippen molar-refractivity contribution in [1.29, 1.82) is 0 Å². The summed E-state index contributed by atoms with van der Waals surface area (Å²) < 4.78 is 11.3. The smallest absolute Gasteiger partial charge is 0.255 e. The van der Waals surface area contributed by atoms with Gasteiger partial charge in [-0.3, -0.25) is 4.79 Å². The first-order chi connectivity index (χ1) is 14.6. The van der Waals surface area contributed by atoms with Gasteiger partial charge in [0.25, 0.3) is 5.91 Å². The van der Waals surface area contributed by atoms with Gasteiger partial charge in [0.05, 0.1) is 12.2 Å². The van der Waals surface area contributed by atoms with Gasteiger partial charge in [0, 0.05) is 11.3 Å². The number of rotatable bonds is 6. The van der Waals surface area contributed by atoms with E-state index in [-0.39, 0.29) is 11.7 Å². The molecule has 0 fully saturated rings. The van der Waals surface area contributed by atoms with Gasteiger partial charge in [-0.2, -0.15) is 0 Å². The first kappa shape index (κ1) is 19.5. The summed E-state index contributed by atoms with van der Waals surface area (Å²) in [6, 6.07) is 17.6. The quantitative estimate of drug-likeness (QED) is 0.421. The second kappa shape index (κ2) is 8.29. The molecule has 1 heterocycles. The average Bonchev–Trinajstić information content (AvgIpc) is 3.18. The predicted octanol–water partition coefficient (Wildman–Crippen LogP) is 5.41. The number of hydrogen-bond acceptors (Lipinski definition) is 5. The molecule has 6 heteroatoms. The van der Waals surface area contributed by atoms with Gasteiger partial charge in [0.1, 0.15) is 17.0 Å². The number of oxazole rings is 1. The fourth-order valence-corrected chi connectivity index (χ4v) is 3.19. The molecule has 3 aromatic carbocycles. The highest BCUT2D eigenvalue weighted by Crippen LogP contribution is 2.33. The maximum Gasteiger partial charge on any atom is 0.255 e. The van der Waals surface area contributed by atoms with Crippen LogP contribution >= 0.6 is 0 Å². The van der Waals surface area contributed by atoms with Gasteiger partial charge in [0.15, 0.2) is 5.58 Å². The molecule has 0 unspecified atom stereocenters. The maximum atomic E-state index is 12.6. The van der Waals surface area contributed by atoms with Crippen LogP contribution in [-0.4, -0.2) is 22.6 Å². The third-order valence-electron chi connectivity index (χ3n) is 4.75. The van der Waals surface area contributed by atoms with Crippen molar-refractivity contribution >= 4 is 22.7 Å². The van der Waals surface area contributed by atoms with Crippen LogP contribution in [-0.2, 0) is 6.42 Å². The molecule has 4 rings (SSSR count). The van der Waals surface area contributed by atoms with Crippen molar-refractivity contribution in [2.24, 2.45) is 0 Å². The van der Waals surface area contributed by atoms with E-state index in [9.17, 15) is 9.90 Å². The Kier molecular flexibility index (Phi) is 5.39. The van der Waals surface area contributed by atoms with Gasteiger partial charge in [-0.05, 0) is 67.4 Å². The van der Waals surface area contributed by atoms with Gasteiger partial charge in [-0.25, -0.2) is 4.98 Å². The summed E-state index contributed by atoms with van der Waals surface area (Å²) in [6.07, 6.45) is 0.898. The van der Waals surface area contributed by atoms with E-state index in [1.807, 2.05) is 25.1 Å². The largest absolute Gasteiger partial charge is 0.507 e. The number of phenolic OH excluding ortho intramolecular Hbond substituents is 1. The van der Waals surface area contributed by atoms with Crippen LogP contribution in [0.3, 0.4) is 0 Å². The van der Waals surface area contributed by atoms with Crippen molar-refractivity contribution in [1.82, 2.24) is 4.98 Å². The fourth-order valence-electron chi connectivity index (χ4n) is 3.19. The summed E-state index contributed by atoms with van der Waals surface area (Å²) in [4.78, 5) is 17.2. The Hall–Kier alpha value is -3.80. The van der Waals surface area contributed by atoms with E-state index in [1.54, 1.807) is 36.4 Å². The third kappa shape index (κ3) is 3.98. The van der Waals surface area contributed by atoms with Crippen molar-refractivity contribution in [2.75, 3.05) is 11.9 Å². The Morgan fingerprint density at radius 3 is 2.77 bits per heavy atom. The molecule has 1 aromatic heterocycles. The molecule has 0 aliphatic rings. The fraction of sp³-hybridized carbons (Fsp3) is 0.167. The number of benzene rings is 3. The highest BCUT2D eigenvalue weighted by atomic mass is 16.5. The van der Waals surface area contributed by atoms with Crippen molar-refractivity contribution in [3.8, 4) is 23.0 Å². The summed E-state index contributed by atoms with van der Waals surface area (Å²) in [7, 11) is 0. The molecule has 1 amide bonds. The predicted molar refractivity (Wildman–Crippen MR) is 116 cm³/mol. The zero-order chi connectivity index (χ0) is 21.1. The number of anilines is 1. The van der Waals surface area contributed by atoms with Crippen LogP contribution in [0, 0.1) is 0 Å². The van der Waals surface area contributed by atoms with Crippen LogP contribution in [0.5, 0.6) is 11.5 Å². The number of carbonyl (C=O) groups is 1. The highest BCUT2D eigenvalue weighted by Gasteiger charge is 2.15. The zero-order valence-corrected chi connectivity index (χ0v) is 16.8. The van der Waals surface area contributed by atoms with Crippen LogP contribution in [0.1, 0.15) is 29.8 Å². The molecule has 0 aliphatic carbocycles. The Morgan fingerprint density at radius 2 is 1.97 bits per heavy atom. The number of carbonyl (C=O) groups excluding carboxylic acids is 1. The minimum atomic E-state index is -0.279. The van der Waals surface area contributed by atoms with Gasteiger partial charge < -0.3 is 19.6 Å². The monoisotopic (exact) mass is 402 g/mol. The van der Waals surface area contributed by atoms with E-state index in [4.69, 9.17) is 9.15 Å². The molecule has 0 aliphatic heterocycles. The summed E-state index contributed by atoms with van der Waals surface area (Å²) >= 11 is 0. The van der Waals surface area contributed by atoms with Crippen molar-refractivity contribution in [3.05, 3.63) is 71.8 Å². The van der Waals surface area contributed by atoms with Crippen molar-refractivity contribution in [3.63, 3.8) is 0 Å². The number of nitrogens with one attached hydrogen (secondary N) is 1. The highest BCUT2D eigenvalue weighted by molar-refractivity contribution is 6.04. The lowest BCUT2D eigenvalue weighted by Crippen LogP contribution is -2.12. The molecule has 6 nitrogen and oxygen atoms in total. The van der Waals surface area contributed by atoms with Crippen LogP contribution in [0.25, 0.3) is 22.6 Å². The Balaban J connectivity index is 1.62. The lowest BCUT2D eigenvalue weighted by molar-refractivity contribution is 0.102. The molecule has 0 radical (unpaired) electrons. The summed E-state index contributed by atoms with van der Waals surface area (Å²) in [5.41, 5.74) is 3.93. The number of nitrogens with zero attached hydrogens (tertiary/aromatic N) is 1. The van der Waals surface area contributed by atoms with Gasteiger partial charge in [-0.15, -0.1) is 0 Å². The minimum Gasteiger partial charge on any atom is -0.507 e. The Labute approximate surface area is 174 Å². The number of hydrogen-bond donors (Lipinski definition) is 2. The molecular weight excluding hydrogens is 380 g/mol.